The summed E-state index contributed by atoms with van der Waals surface area (Å²) in [5, 5.41) is 2.14. The lowest BCUT2D eigenvalue weighted by molar-refractivity contribution is -0.0706. The molecule has 1 aliphatic carbocycles. The van der Waals surface area contributed by atoms with Gasteiger partial charge in [-0.1, -0.05) is 6.07 Å². The molecule has 2 N–H and O–H groups in total. The van der Waals surface area contributed by atoms with Gasteiger partial charge in [-0.25, -0.2) is 0 Å². The van der Waals surface area contributed by atoms with E-state index in [1.54, 1.807) is 0 Å². The van der Waals surface area contributed by atoms with E-state index in [0.29, 0.717) is 24.7 Å². The summed E-state index contributed by atoms with van der Waals surface area (Å²) in [6.07, 6.45) is 4.25. The number of ether oxygens (including phenoxy) is 1. The van der Waals surface area contributed by atoms with Crippen molar-refractivity contribution in [2.45, 2.75) is 37.5 Å². The number of fused-ring (bicyclic) bond motifs is 1. The molecule has 3 nitrogen and oxygen atoms in total. The van der Waals surface area contributed by atoms with Crippen LogP contribution in [-0.4, -0.2) is 36.7 Å². The Morgan fingerprint density at radius 2 is 2.47 bits per heavy atom. The fraction of sp³-hybridized carbons (Fsp3) is 0.692. The molecule has 94 valence electrons. The number of rotatable bonds is 3. The van der Waals surface area contributed by atoms with E-state index in [1.807, 2.05) is 11.3 Å². The Bertz CT molecular complexity index is 354. The first kappa shape index (κ1) is 11.7. The Balaban J connectivity index is 1.81. The summed E-state index contributed by atoms with van der Waals surface area (Å²) in [4.78, 5) is 3.99. The van der Waals surface area contributed by atoms with Crippen LogP contribution < -0.4 is 5.73 Å². The van der Waals surface area contributed by atoms with Gasteiger partial charge in [-0.3, -0.25) is 4.90 Å². The maximum atomic E-state index is 6.00. The Hall–Kier alpha value is -0.420. The Kier molecular flexibility index (Phi) is 3.47. The second kappa shape index (κ2) is 5.06. The lowest BCUT2D eigenvalue weighted by Gasteiger charge is -2.42. The standard InChI is InChI=1S/C13H20N2OS/c14-9-11(13-5-2-8-17-13)15-6-7-16-12-4-1-3-10(12)15/h2,5,8,10-12H,1,3-4,6-7,9,14H2. The Morgan fingerprint density at radius 1 is 1.53 bits per heavy atom. The summed E-state index contributed by atoms with van der Waals surface area (Å²) in [6, 6.07) is 5.32. The van der Waals surface area contributed by atoms with Crippen molar-refractivity contribution in [2.24, 2.45) is 5.73 Å². The lowest BCUT2D eigenvalue weighted by Crippen LogP contribution is -2.51. The number of morpholine rings is 1. The SMILES string of the molecule is NCC(c1cccs1)N1CCOC2CCCC21. The number of nitrogens with zero attached hydrogens (tertiary/aromatic N) is 1. The number of hydrogen-bond acceptors (Lipinski definition) is 4. The fourth-order valence-corrected chi connectivity index (χ4v) is 4.10. The fourth-order valence-electron chi connectivity index (χ4n) is 3.24. The van der Waals surface area contributed by atoms with Crippen LogP contribution >= 0.6 is 11.3 Å². The predicted molar refractivity (Wildman–Crippen MR) is 70.2 cm³/mol. The monoisotopic (exact) mass is 252 g/mol. The molecule has 17 heavy (non-hydrogen) atoms. The van der Waals surface area contributed by atoms with Crippen LogP contribution in [0.15, 0.2) is 17.5 Å². The van der Waals surface area contributed by atoms with Crippen molar-refractivity contribution in [3.05, 3.63) is 22.4 Å². The third-order valence-electron chi connectivity index (χ3n) is 4.02. The van der Waals surface area contributed by atoms with E-state index in [4.69, 9.17) is 10.5 Å². The molecule has 2 fully saturated rings. The summed E-state index contributed by atoms with van der Waals surface area (Å²) in [7, 11) is 0. The van der Waals surface area contributed by atoms with Crippen molar-refractivity contribution < 1.29 is 4.74 Å². The molecule has 1 saturated heterocycles. The highest BCUT2D eigenvalue weighted by Crippen LogP contribution is 2.35. The third kappa shape index (κ3) is 2.15. The lowest BCUT2D eigenvalue weighted by atomic mass is 10.1. The molecule has 2 aliphatic rings. The van der Waals surface area contributed by atoms with Gasteiger partial charge in [0.2, 0.25) is 0 Å². The van der Waals surface area contributed by atoms with Gasteiger partial charge in [-0.15, -0.1) is 11.3 Å². The van der Waals surface area contributed by atoms with E-state index in [1.165, 1.54) is 24.1 Å². The molecule has 0 radical (unpaired) electrons. The van der Waals surface area contributed by atoms with E-state index >= 15 is 0 Å². The van der Waals surface area contributed by atoms with Crippen molar-refractivity contribution >= 4 is 11.3 Å². The summed E-state index contributed by atoms with van der Waals surface area (Å²) in [6.45, 7) is 2.60. The largest absolute Gasteiger partial charge is 0.375 e. The van der Waals surface area contributed by atoms with E-state index in [0.717, 1.165) is 13.2 Å². The van der Waals surface area contributed by atoms with Crippen molar-refractivity contribution in [2.75, 3.05) is 19.7 Å². The average molecular weight is 252 g/mol. The minimum Gasteiger partial charge on any atom is -0.375 e. The van der Waals surface area contributed by atoms with Crippen LogP contribution in [-0.2, 0) is 4.74 Å². The van der Waals surface area contributed by atoms with Gasteiger partial charge < -0.3 is 10.5 Å². The molecular formula is C13H20N2OS. The number of hydrogen-bond donors (Lipinski definition) is 1. The van der Waals surface area contributed by atoms with Crippen LogP contribution in [0.4, 0.5) is 0 Å². The van der Waals surface area contributed by atoms with Crippen LogP contribution in [0.1, 0.15) is 30.2 Å². The molecule has 1 saturated carbocycles. The maximum Gasteiger partial charge on any atom is 0.0731 e. The van der Waals surface area contributed by atoms with Crippen LogP contribution in [0.2, 0.25) is 0 Å². The molecule has 1 aromatic rings. The molecule has 2 heterocycles. The Labute approximate surface area is 107 Å². The molecule has 1 aliphatic heterocycles. The zero-order valence-electron chi connectivity index (χ0n) is 10.0. The van der Waals surface area contributed by atoms with Gasteiger partial charge in [0, 0.05) is 24.0 Å². The van der Waals surface area contributed by atoms with Gasteiger partial charge in [-0.2, -0.15) is 0 Å². The van der Waals surface area contributed by atoms with E-state index in [2.05, 4.69) is 22.4 Å². The van der Waals surface area contributed by atoms with Gasteiger partial charge >= 0.3 is 0 Å². The second-order valence-electron chi connectivity index (χ2n) is 4.91. The van der Waals surface area contributed by atoms with Crippen molar-refractivity contribution in [1.82, 2.24) is 4.90 Å². The van der Waals surface area contributed by atoms with Gasteiger partial charge in [0.1, 0.15) is 0 Å². The molecule has 4 heteroatoms. The first-order chi connectivity index (χ1) is 8.40. The first-order valence-electron chi connectivity index (χ1n) is 6.51. The number of thiophene rings is 1. The van der Waals surface area contributed by atoms with Gasteiger partial charge in [0.25, 0.3) is 0 Å². The van der Waals surface area contributed by atoms with Crippen LogP contribution in [0.25, 0.3) is 0 Å². The molecule has 1 aromatic heterocycles. The maximum absolute atomic E-state index is 6.00. The molecule has 0 aromatic carbocycles. The summed E-state index contributed by atoms with van der Waals surface area (Å²) < 4.78 is 5.87. The third-order valence-corrected chi connectivity index (χ3v) is 4.99. The molecule has 3 unspecified atom stereocenters. The smallest absolute Gasteiger partial charge is 0.0731 e. The van der Waals surface area contributed by atoms with Gasteiger partial charge in [0.15, 0.2) is 0 Å². The molecule has 0 amide bonds. The highest BCUT2D eigenvalue weighted by molar-refractivity contribution is 7.10. The topological polar surface area (TPSA) is 38.5 Å². The quantitative estimate of drug-likeness (QED) is 0.894. The minimum atomic E-state index is 0.393. The van der Waals surface area contributed by atoms with Gasteiger partial charge in [-0.05, 0) is 30.7 Å². The van der Waals surface area contributed by atoms with E-state index in [-0.39, 0.29) is 0 Å². The summed E-state index contributed by atoms with van der Waals surface area (Å²) in [5.41, 5.74) is 6.00. The first-order valence-corrected chi connectivity index (χ1v) is 7.39. The molecule has 0 bridgehead atoms. The van der Waals surface area contributed by atoms with Crippen molar-refractivity contribution in [3.63, 3.8) is 0 Å². The molecular weight excluding hydrogens is 232 g/mol. The Morgan fingerprint density at radius 3 is 3.24 bits per heavy atom. The van der Waals surface area contributed by atoms with Crippen LogP contribution in [0.3, 0.4) is 0 Å². The number of nitrogens with two attached hydrogens (primary N) is 1. The van der Waals surface area contributed by atoms with Crippen LogP contribution in [0, 0.1) is 0 Å². The molecule has 0 spiro atoms. The second-order valence-corrected chi connectivity index (χ2v) is 5.89. The van der Waals surface area contributed by atoms with Crippen molar-refractivity contribution in [3.8, 4) is 0 Å². The summed E-state index contributed by atoms with van der Waals surface area (Å²) in [5.74, 6) is 0. The summed E-state index contributed by atoms with van der Waals surface area (Å²) >= 11 is 1.82. The van der Waals surface area contributed by atoms with Crippen LogP contribution in [0.5, 0.6) is 0 Å². The van der Waals surface area contributed by atoms with E-state index < -0.39 is 0 Å². The normalized spacial score (nSPS) is 31.4. The van der Waals surface area contributed by atoms with Gasteiger partial charge in [0.05, 0.1) is 18.8 Å². The van der Waals surface area contributed by atoms with Crippen molar-refractivity contribution in [1.29, 1.82) is 0 Å². The zero-order valence-corrected chi connectivity index (χ0v) is 10.9. The molecule has 3 atom stereocenters. The average Bonchev–Trinajstić information content (AvgIpc) is 3.00. The minimum absolute atomic E-state index is 0.393. The zero-order chi connectivity index (χ0) is 11.7. The highest BCUT2D eigenvalue weighted by atomic mass is 32.1. The highest BCUT2D eigenvalue weighted by Gasteiger charge is 2.39. The molecule has 3 rings (SSSR count). The van der Waals surface area contributed by atoms with E-state index in [9.17, 15) is 0 Å². The predicted octanol–water partition coefficient (Wildman–Crippen LogP) is 2.00.